The van der Waals surface area contributed by atoms with Crippen molar-refractivity contribution in [2.45, 2.75) is 38.5 Å². The third-order valence-corrected chi connectivity index (χ3v) is 5.04. The second-order valence-electron chi connectivity index (χ2n) is 5.25. The minimum Gasteiger partial charge on any atom is -0.469 e. The summed E-state index contributed by atoms with van der Waals surface area (Å²) >= 11 is 0. The summed E-state index contributed by atoms with van der Waals surface area (Å²) < 4.78 is 31.3. The number of ether oxygens (including phenoxy) is 1. The zero-order valence-electron chi connectivity index (χ0n) is 12.2. The summed E-state index contributed by atoms with van der Waals surface area (Å²) in [5.41, 5.74) is 3.03. The number of sulfonamides is 1. The van der Waals surface area contributed by atoms with Gasteiger partial charge in [0.2, 0.25) is 10.0 Å². The number of carbonyl (C=O) groups is 1. The third-order valence-electron chi connectivity index (χ3n) is 3.68. The van der Waals surface area contributed by atoms with Crippen molar-refractivity contribution in [1.29, 1.82) is 0 Å². The summed E-state index contributed by atoms with van der Waals surface area (Å²) in [5, 5.41) is 0. The van der Waals surface area contributed by atoms with Crippen LogP contribution in [0.4, 0.5) is 5.69 Å². The van der Waals surface area contributed by atoms with Gasteiger partial charge in [-0.3, -0.25) is 9.52 Å². The van der Waals surface area contributed by atoms with Crippen molar-refractivity contribution >= 4 is 21.7 Å². The van der Waals surface area contributed by atoms with E-state index in [4.69, 9.17) is 0 Å². The summed E-state index contributed by atoms with van der Waals surface area (Å²) in [6.45, 7) is 0. The van der Waals surface area contributed by atoms with E-state index >= 15 is 0 Å². The van der Waals surface area contributed by atoms with Gasteiger partial charge in [-0.1, -0.05) is 12.1 Å². The molecule has 2 rings (SSSR count). The maximum Gasteiger partial charge on any atom is 0.305 e. The number of fused-ring (bicyclic) bond motifs is 1. The van der Waals surface area contributed by atoms with E-state index in [0.29, 0.717) is 5.69 Å². The Labute approximate surface area is 125 Å². The molecule has 0 fully saturated rings. The van der Waals surface area contributed by atoms with Gasteiger partial charge in [-0.2, -0.15) is 0 Å². The molecule has 0 aliphatic heterocycles. The van der Waals surface area contributed by atoms with Crippen LogP contribution in [0.15, 0.2) is 18.2 Å². The standard InChI is InChI=1S/C15H21NO4S/c1-20-15(17)10-5-11-21(18,19)16-14-9-4-7-12-6-2-3-8-13(12)14/h4,7,9,16H,2-3,5-6,8,10-11H2,1H3. The molecule has 0 unspecified atom stereocenters. The Morgan fingerprint density at radius 2 is 2.05 bits per heavy atom. The second kappa shape index (κ2) is 6.93. The first-order valence-electron chi connectivity index (χ1n) is 7.20. The van der Waals surface area contributed by atoms with Crippen molar-refractivity contribution in [1.82, 2.24) is 0 Å². The fourth-order valence-electron chi connectivity index (χ4n) is 2.60. The summed E-state index contributed by atoms with van der Waals surface area (Å²) in [6.07, 6.45) is 4.54. The molecule has 0 atom stereocenters. The molecule has 0 radical (unpaired) electrons. The van der Waals surface area contributed by atoms with E-state index in [1.165, 1.54) is 12.7 Å². The van der Waals surface area contributed by atoms with E-state index in [1.54, 1.807) is 0 Å². The first kappa shape index (κ1) is 15.8. The summed E-state index contributed by atoms with van der Waals surface area (Å²) in [7, 11) is -2.13. The molecule has 1 aromatic rings. The normalized spacial score (nSPS) is 14.3. The molecule has 0 heterocycles. The van der Waals surface area contributed by atoms with Gasteiger partial charge in [-0.15, -0.1) is 0 Å². The number of nitrogens with one attached hydrogen (secondary N) is 1. The highest BCUT2D eigenvalue weighted by atomic mass is 32.2. The van der Waals surface area contributed by atoms with Gasteiger partial charge in [0.25, 0.3) is 0 Å². The second-order valence-corrected chi connectivity index (χ2v) is 7.09. The van der Waals surface area contributed by atoms with E-state index in [9.17, 15) is 13.2 Å². The number of carbonyl (C=O) groups excluding carboxylic acids is 1. The van der Waals surface area contributed by atoms with Crippen LogP contribution >= 0.6 is 0 Å². The van der Waals surface area contributed by atoms with Crippen LogP contribution in [-0.2, 0) is 32.4 Å². The van der Waals surface area contributed by atoms with Gasteiger partial charge in [0.15, 0.2) is 0 Å². The van der Waals surface area contributed by atoms with Crippen LogP contribution in [0.2, 0.25) is 0 Å². The highest BCUT2D eigenvalue weighted by molar-refractivity contribution is 7.92. The molecule has 5 nitrogen and oxygen atoms in total. The number of hydrogen-bond donors (Lipinski definition) is 1. The quantitative estimate of drug-likeness (QED) is 0.818. The topological polar surface area (TPSA) is 72.5 Å². The van der Waals surface area contributed by atoms with Crippen LogP contribution in [0.5, 0.6) is 0 Å². The van der Waals surface area contributed by atoms with E-state index < -0.39 is 10.0 Å². The average Bonchev–Trinajstić information content (AvgIpc) is 2.47. The van der Waals surface area contributed by atoms with Crippen LogP contribution < -0.4 is 4.72 Å². The van der Waals surface area contributed by atoms with Crippen molar-refractivity contribution in [2.24, 2.45) is 0 Å². The van der Waals surface area contributed by atoms with Gasteiger partial charge in [0.05, 0.1) is 18.6 Å². The van der Waals surface area contributed by atoms with Crippen LogP contribution in [0.1, 0.15) is 36.8 Å². The Kier molecular flexibility index (Phi) is 5.22. The monoisotopic (exact) mass is 311 g/mol. The maximum atomic E-state index is 12.1. The number of anilines is 1. The number of methoxy groups -OCH3 is 1. The molecule has 0 amide bonds. The molecule has 1 aromatic carbocycles. The molecule has 0 spiro atoms. The highest BCUT2D eigenvalue weighted by Gasteiger charge is 2.17. The number of hydrogen-bond acceptors (Lipinski definition) is 4. The van der Waals surface area contributed by atoms with Crippen LogP contribution in [0, 0.1) is 0 Å². The highest BCUT2D eigenvalue weighted by Crippen LogP contribution is 2.28. The number of rotatable bonds is 6. The number of esters is 1. The average molecular weight is 311 g/mol. The largest absolute Gasteiger partial charge is 0.469 e. The Bertz CT molecular complexity index is 610. The van der Waals surface area contributed by atoms with E-state index in [1.807, 2.05) is 12.1 Å². The van der Waals surface area contributed by atoms with Gasteiger partial charge in [-0.05, 0) is 49.3 Å². The minimum atomic E-state index is -3.43. The van der Waals surface area contributed by atoms with Gasteiger partial charge in [0, 0.05) is 6.42 Å². The fraction of sp³-hybridized carbons (Fsp3) is 0.533. The predicted molar refractivity (Wildman–Crippen MR) is 81.7 cm³/mol. The van der Waals surface area contributed by atoms with Crippen molar-refractivity contribution in [3.63, 3.8) is 0 Å². The predicted octanol–water partition coefficient (Wildman–Crippen LogP) is 2.26. The molecular formula is C15H21NO4S. The molecule has 116 valence electrons. The van der Waals surface area contributed by atoms with Crippen molar-refractivity contribution in [2.75, 3.05) is 17.6 Å². The fourth-order valence-corrected chi connectivity index (χ4v) is 3.76. The van der Waals surface area contributed by atoms with Gasteiger partial charge >= 0.3 is 5.97 Å². The SMILES string of the molecule is COC(=O)CCCS(=O)(=O)Nc1cccc2c1CCCC2. The minimum absolute atomic E-state index is 0.0776. The maximum absolute atomic E-state index is 12.1. The van der Waals surface area contributed by atoms with E-state index in [0.717, 1.165) is 31.2 Å². The Morgan fingerprint density at radius 1 is 1.29 bits per heavy atom. The molecule has 1 aliphatic carbocycles. The summed E-state index contributed by atoms with van der Waals surface area (Å²) in [5.74, 6) is -0.464. The van der Waals surface area contributed by atoms with Crippen LogP contribution in [0.25, 0.3) is 0 Å². The van der Waals surface area contributed by atoms with E-state index in [-0.39, 0.29) is 24.6 Å². The number of aryl methyl sites for hydroxylation is 1. The zero-order valence-corrected chi connectivity index (χ0v) is 13.0. The van der Waals surface area contributed by atoms with E-state index in [2.05, 4.69) is 15.5 Å². The first-order valence-corrected chi connectivity index (χ1v) is 8.85. The molecule has 1 N–H and O–H groups in total. The third kappa shape index (κ3) is 4.46. The lowest BCUT2D eigenvalue weighted by Crippen LogP contribution is -2.19. The molecule has 6 heteroatoms. The molecule has 0 saturated carbocycles. The zero-order chi connectivity index (χ0) is 15.3. The van der Waals surface area contributed by atoms with Gasteiger partial charge in [0.1, 0.15) is 0 Å². The molecule has 0 saturated heterocycles. The summed E-state index contributed by atoms with van der Waals surface area (Å²) in [6, 6.07) is 5.75. The molecule has 1 aliphatic rings. The Balaban J connectivity index is 2.02. The lowest BCUT2D eigenvalue weighted by atomic mass is 9.91. The Morgan fingerprint density at radius 3 is 2.81 bits per heavy atom. The van der Waals surface area contributed by atoms with Crippen LogP contribution in [0.3, 0.4) is 0 Å². The molecular weight excluding hydrogens is 290 g/mol. The van der Waals surface area contributed by atoms with Crippen molar-refractivity contribution in [3.05, 3.63) is 29.3 Å². The lowest BCUT2D eigenvalue weighted by molar-refractivity contribution is -0.140. The first-order chi connectivity index (χ1) is 10.0. The van der Waals surface area contributed by atoms with Crippen LogP contribution in [-0.4, -0.2) is 27.2 Å². The lowest BCUT2D eigenvalue weighted by Gasteiger charge is -2.20. The summed E-state index contributed by atoms with van der Waals surface area (Å²) in [4.78, 5) is 11.0. The smallest absolute Gasteiger partial charge is 0.305 e. The molecule has 0 bridgehead atoms. The Hall–Kier alpha value is -1.56. The number of benzene rings is 1. The molecule has 21 heavy (non-hydrogen) atoms. The van der Waals surface area contributed by atoms with Gasteiger partial charge < -0.3 is 4.74 Å². The van der Waals surface area contributed by atoms with Gasteiger partial charge in [-0.25, -0.2) is 8.42 Å². The van der Waals surface area contributed by atoms with Crippen molar-refractivity contribution < 1.29 is 17.9 Å². The molecule has 0 aromatic heterocycles. The van der Waals surface area contributed by atoms with Crippen molar-refractivity contribution in [3.8, 4) is 0 Å².